The van der Waals surface area contributed by atoms with E-state index >= 15 is 0 Å². The molecule has 1 N–H and O–H groups in total. The van der Waals surface area contributed by atoms with Crippen LogP contribution in [0, 0.1) is 11.7 Å². The van der Waals surface area contributed by atoms with Gasteiger partial charge in [-0.15, -0.1) is 0 Å². The van der Waals surface area contributed by atoms with Crippen LogP contribution >= 0.6 is 12.6 Å². The third kappa shape index (κ3) is 3.03. The lowest BCUT2D eigenvalue weighted by Gasteiger charge is -2.11. The molecule has 1 saturated heterocycles. The van der Waals surface area contributed by atoms with E-state index in [0.717, 1.165) is 13.0 Å². The van der Waals surface area contributed by atoms with Crippen LogP contribution in [0.4, 0.5) is 4.39 Å². The number of ether oxygens (including phenoxy) is 2. The molecule has 0 radical (unpaired) electrons. The van der Waals surface area contributed by atoms with Crippen molar-refractivity contribution in [2.75, 3.05) is 19.8 Å². The fourth-order valence-electron chi connectivity index (χ4n) is 2.33. The van der Waals surface area contributed by atoms with Gasteiger partial charge in [-0.05, 0) is 6.42 Å². The Morgan fingerprint density at radius 3 is 3.10 bits per heavy atom. The van der Waals surface area contributed by atoms with Crippen LogP contribution in [0.5, 0.6) is 5.75 Å². The zero-order valence-electron chi connectivity index (χ0n) is 11.3. The summed E-state index contributed by atoms with van der Waals surface area (Å²) in [6, 6.07) is 2.80. The highest BCUT2D eigenvalue weighted by Crippen LogP contribution is 2.22. The lowest BCUT2D eigenvalue weighted by molar-refractivity contribution is 0.167. The molecule has 1 unspecified atom stereocenters. The van der Waals surface area contributed by atoms with E-state index in [-0.39, 0.29) is 16.7 Å². The van der Waals surface area contributed by atoms with Gasteiger partial charge in [0, 0.05) is 30.4 Å². The number of nitrogens with one attached hydrogen (secondary N) is 1. The topological polar surface area (TPSA) is 64.2 Å². The van der Waals surface area contributed by atoms with Crippen LogP contribution in [-0.2, 0) is 10.5 Å². The third-order valence-corrected chi connectivity index (χ3v) is 3.74. The molecule has 7 heteroatoms. The van der Waals surface area contributed by atoms with Gasteiger partial charge in [0.25, 0.3) is 5.56 Å². The Hall–Kier alpha value is -1.60. The maximum Gasteiger partial charge on any atom is 0.261 e. The highest BCUT2D eigenvalue weighted by atomic mass is 32.1. The van der Waals surface area contributed by atoms with Crippen molar-refractivity contribution in [1.82, 2.24) is 9.97 Å². The molecule has 0 amide bonds. The van der Waals surface area contributed by atoms with Crippen LogP contribution in [0.15, 0.2) is 16.9 Å². The molecular weight excluding hydrogens is 295 g/mol. The van der Waals surface area contributed by atoms with Gasteiger partial charge in [-0.1, -0.05) is 0 Å². The van der Waals surface area contributed by atoms with Gasteiger partial charge in [-0.25, -0.2) is 9.37 Å². The van der Waals surface area contributed by atoms with Crippen LogP contribution in [0.3, 0.4) is 0 Å². The van der Waals surface area contributed by atoms with Crippen molar-refractivity contribution in [3.63, 3.8) is 0 Å². The molecule has 112 valence electrons. The summed E-state index contributed by atoms with van der Waals surface area (Å²) in [7, 11) is 0. The zero-order valence-corrected chi connectivity index (χ0v) is 12.2. The number of rotatable bonds is 4. The zero-order chi connectivity index (χ0) is 14.8. The van der Waals surface area contributed by atoms with Crippen molar-refractivity contribution in [2.45, 2.75) is 12.2 Å². The van der Waals surface area contributed by atoms with E-state index in [0.29, 0.717) is 30.7 Å². The molecule has 0 bridgehead atoms. The van der Waals surface area contributed by atoms with Crippen molar-refractivity contribution in [1.29, 1.82) is 0 Å². The van der Waals surface area contributed by atoms with Gasteiger partial charge >= 0.3 is 0 Å². The molecule has 2 aromatic rings. The minimum Gasteiger partial charge on any atom is -0.493 e. The monoisotopic (exact) mass is 310 g/mol. The van der Waals surface area contributed by atoms with E-state index in [2.05, 4.69) is 22.6 Å². The summed E-state index contributed by atoms with van der Waals surface area (Å²) in [5.41, 5.74) is -0.224. The summed E-state index contributed by atoms with van der Waals surface area (Å²) >= 11 is 4.06. The fraction of sp³-hybridized carbons (Fsp3) is 0.429. The molecule has 1 fully saturated rings. The van der Waals surface area contributed by atoms with Gasteiger partial charge in [0.15, 0.2) is 0 Å². The molecule has 0 saturated carbocycles. The van der Waals surface area contributed by atoms with Gasteiger partial charge < -0.3 is 14.5 Å². The molecular formula is C14H15FN2O3S. The van der Waals surface area contributed by atoms with Crippen LogP contribution < -0.4 is 10.3 Å². The predicted octanol–water partition coefficient (Wildman–Crippen LogP) is 1.91. The van der Waals surface area contributed by atoms with Crippen molar-refractivity contribution < 1.29 is 13.9 Å². The second-order valence-corrected chi connectivity index (χ2v) is 5.33. The highest BCUT2D eigenvalue weighted by Gasteiger charge is 2.17. The highest BCUT2D eigenvalue weighted by molar-refractivity contribution is 7.79. The Bertz CT molecular complexity index is 713. The Morgan fingerprint density at radius 1 is 1.52 bits per heavy atom. The van der Waals surface area contributed by atoms with Gasteiger partial charge in [-0.3, -0.25) is 4.79 Å². The van der Waals surface area contributed by atoms with E-state index in [1.54, 1.807) is 6.07 Å². The summed E-state index contributed by atoms with van der Waals surface area (Å²) in [6.07, 6.45) is 0.942. The Kier molecular flexibility index (Phi) is 4.12. The summed E-state index contributed by atoms with van der Waals surface area (Å²) in [6.45, 7) is 1.87. The van der Waals surface area contributed by atoms with Crippen molar-refractivity contribution in [3.05, 3.63) is 34.1 Å². The third-order valence-electron chi connectivity index (χ3n) is 3.44. The number of fused-ring (bicyclic) bond motifs is 1. The average molecular weight is 310 g/mol. The number of benzene rings is 1. The number of halogens is 1. The Morgan fingerprint density at radius 2 is 2.38 bits per heavy atom. The molecule has 3 rings (SSSR count). The standard InChI is InChI=1S/C14H15FN2O3S/c15-10-3-9(20-6-8-1-2-19-5-8)4-11-13(10)14(18)17-12(7-21)16-11/h3-4,8,21H,1-2,5-7H2,(H,16,17,18). The van der Waals surface area contributed by atoms with Gasteiger partial charge in [0.2, 0.25) is 0 Å². The molecule has 1 aromatic heterocycles. The van der Waals surface area contributed by atoms with Gasteiger partial charge in [0.1, 0.15) is 22.8 Å². The number of nitrogens with zero attached hydrogens (tertiary/aromatic N) is 1. The maximum absolute atomic E-state index is 14.1. The molecule has 2 heterocycles. The first-order valence-corrected chi connectivity index (χ1v) is 7.34. The lowest BCUT2D eigenvalue weighted by atomic mass is 10.1. The second-order valence-electron chi connectivity index (χ2n) is 5.01. The average Bonchev–Trinajstić information content (AvgIpc) is 2.97. The van der Waals surface area contributed by atoms with Gasteiger partial charge in [0.05, 0.1) is 18.7 Å². The Balaban J connectivity index is 1.91. The first-order valence-electron chi connectivity index (χ1n) is 6.71. The van der Waals surface area contributed by atoms with E-state index in [4.69, 9.17) is 9.47 Å². The first-order chi connectivity index (χ1) is 10.2. The van der Waals surface area contributed by atoms with Crippen LogP contribution in [-0.4, -0.2) is 29.8 Å². The molecule has 1 aliphatic heterocycles. The molecule has 0 aliphatic carbocycles. The predicted molar refractivity (Wildman–Crippen MR) is 79.4 cm³/mol. The lowest BCUT2D eigenvalue weighted by Crippen LogP contribution is -2.14. The molecule has 0 spiro atoms. The summed E-state index contributed by atoms with van der Waals surface area (Å²) in [5.74, 6) is 0.734. The number of aromatic nitrogens is 2. The fourth-order valence-corrected chi connectivity index (χ4v) is 2.48. The van der Waals surface area contributed by atoms with Crippen LogP contribution in [0.2, 0.25) is 0 Å². The van der Waals surface area contributed by atoms with Crippen molar-refractivity contribution in [3.8, 4) is 5.75 Å². The first kappa shape index (κ1) is 14.3. The molecule has 5 nitrogen and oxygen atoms in total. The number of hydrogen-bond acceptors (Lipinski definition) is 5. The van der Waals surface area contributed by atoms with Crippen molar-refractivity contribution in [2.24, 2.45) is 5.92 Å². The molecule has 21 heavy (non-hydrogen) atoms. The molecule has 1 aromatic carbocycles. The largest absolute Gasteiger partial charge is 0.493 e. The van der Waals surface area contributed by atoms with Crippen molar-refractivity contribution >= 4 is 23.5 Å². The van der Waals surface area contributed by atoms with E-state index in [9.17, 15) is 9.18 Å². The van der Waals surface area contributed by atoms with Crippen LogP contribution in [0.1, 0.15) is 12.2 Å². The molecule has 1 aliphatic rings. The number of aromatic amines is 1. The number of H-pyrrole nitrogens is 1. The molecule has 1 atom stereocenters. The van der Waals surface area contributed by atoms with Gasteiger partial charge in [-0.2, -0.15) is 12.6 Å². The quantitative estimate of drug-likeness (QED) is 0.847. The minimum absolute atomic E-state index is 0.0583. The van der Waals surface area contributed by atoms with E-state index in [1.807, 2.05) is 0 Å². The van der Waals surface area contributed by atoms with E-state index < -0.39 is 11.4 Å². The number of thiol groups is 1. The summed E-state index contributed by atoms with van der Waals surface area (Å²) in [4.78, 5) is 18.5. The Labute approximate surface area is 125 Å². The smallest absolute Gasteiger partial charge is 0.261 e. The normalized spacial score (nSPS) is 18.3. The summed E-state index contributed by atoms with van der Waals surface area (Å²) < 4.78 is 24.9. The second kappa shape index (κ2) is 6.03. The van der Waals surface area contributed by atoms with E-state index in [1.165, 1.54) is 6.07 Å². The SMILES string of the molecule is O=c1[nH]c(CS)nc2cc(OCC3CCOC3)cc(F)c12. The van der Waals surface area contributed by atoms with Crippen LogP contribution in [0.25, 0.3) is 10.9 Å². The minimum atomic E-state index is -0.635. The number of hydrogen-bond donors (Lipinski definition) is 2. The summed E-state index contributed by atoms with van der Waals surface area (Å²) in [5, 5.41) is -0.0583. The maximum atomic E-state index is 14.1.